The number of rotatable bonds is 7. The van der Waals surface area contributed by atoms with E-state index in [2.05, 4.69) is 23.4 Å². The number of terminal acetylenes is 1. The highest BCUT2D eigenvalue weighted by molar-refractivity contribution is 5.95. The zero-order valence-corrected chi connectivity index (χ0v) is 16.3. The van der Waals surface area contributed by atoms with E-state index in [-0.39, 0.29) is 18.6 Å². The molecule has 146 valence electrons. The third-order valence-electron chi connectivity index (χ3n) is 5.30. The summed E-state index contributed by atoms with van der Waals surface area (Å²) in [5.41, 5.74) is 1.70. The Bertz CT molecular complexity index is 819. The van der Waals surface area contributed by atoms with Crippen molar-refractivity contribution in [3.63, 3.8) is 0 Å². The number of hydrogen-bond donors (Lipinski definition) is 1. The highest BCUT2D eigenvalue weighted by atomic mass is 16.5. The van der Waals surface area contributed by atoms with Gasteiger partial charge in [-0.05, 0) is 42.5 Å². The second-order valence-corrected chi connectivity index (χ2v) is 7.12. The van der Waals surface area contributed by atoms with E-state index in [1.807, 2.05) is 18.2 Å². The van der Waals surface area contributed by atoms with Crippen LogP contribution in [0.2, 0.25) is 0 Å². The molecule has 1 saturated carbocycles. The highest BCUT2D eigenvalue weighted by Crippen LogP contribution is 2.35. The van der Waals surface area contributed by atoms with Gasteiger partial charge in [0.2, 0.25) is 0 Å². The molecule has 1 aliphatic carbocycles. The standard InChI is InChI=1S/C24H27NO3/c1-3-16-28-21-15-14-20(17-22(21)27-2)24(26)25-23(18-10-6-4-7-11-18)19-12-8-5-9-13-19/h1,4,6-7,10-11,14-15,17,19,23H,5,8-9,12-13,16H2,2H3,(H,25,26). The summed E-state index contributed by atoms with van der Waals surface area (Å²) in [6, 6.07) is 15.4. The molecule has 1 atom stereocenters. The first kappa shape index (κ1) is 19.8. The lowest BCUT2D eigenvalue weighted by Gasteiger charge is -2.31. The van der Waals surface area contributed by atoms with Gasteiger partial charge in [0, 0.05) is 5.56 Å². The van der Waals surface area contributed by atoms with Gasteiger partial charge in [0.15, 0.2) is 11.5 Å². The van der Waals surface area contributed by atoms with Crippen molar-refractivity contribution in [3.8, 4) is 23.8 Å². The third kappa shape index (κ3) is 4.86. The van der Waals surface area contributed by atoms with Crippen molar-refractivity contribution in [2.75, 3.05) is 13.7 Å². The van der Waals surface area contributed by atoms with Crippen LogP contribution in [-0.2, 0) is 0 Å². The predicted octanol–water partition coefficient (Wildman–Crippen LogP) is 4.76. The van der Waals surface area contributed by atoms with Crippen molar-refractivity contribution in [2.24, 2.45) is 5.92 Å². The van der Waals surface area contributed by atoms with Gasteiger partial charge < -0.3 is 14.8 Å². The number of carbonyl (C=O) groups excluding carboxylic acids is 1. The fraction of sp³-hybridized carbons (Fsp3) is 0.375. The smallest absolute Gasteiger partial charge is 0.251 e. The lowest BCUT2D eigenvalue weighted by Crippen LogP contribution is -2.34. The van der Waals surface area contributed by atoms with E-state index in [1.165, 1.54) is 19.3 Å². The fourth-order valence-corrected chi connectivity index (χ4v) is 3.87. The monoisotopic (exact) mass is 377 g/mol. The van der Waals surface area contributed by atoms with E-state index in [1.54, 1.807) is 25.3 Å². The van der Waals surface area contributed by atoms with Crippen LogP contribution in [-0.4, -0.2) is 19.6 Å². The molecule has 1 unspecified atom stereocenters. The molecule has 1 fully saturated rings. The molecule has 0 aromatic heterocycles. The molecule has 2 aromatic rings. The molecular formula is C24H27NO3. The number of amides is 1. The van der Waals surface area contributed by atoms with E-state index in [0.717, 1.165) is 18.4 Å². The maximum Gasteiger partial charge on any atom is 0.251 e. The minimum absolute atomic E-state index is 0.0114. The Balaban J connectivity index is 1.80. The summed E-state index contributed by atoms with van der Waals surface area (Å²) in [6.07, 6.45) is 11.3. The Hall–Kier alpha value is -2.93. The van der Waals surface area contributed by atoms with Gasteiger partial charge in [0.25, 0.3) is 5.91 Å². The molecule has 0 saturated heterocycles. The number of benzene rings is 2. The summed E-state index contributed by atoms with van der Waals surface area (Å²) in [5, 5.41) is 3.27. The second kappa shape index (κ2) is 9.85. The lowest BCUT2D eigenvalue weighted by atomic mass is 9.81. The molecule has 0 spiro atoms. The number of hydrogen-bond acceptors (Lipinski definition) is 3. The number of ether oxygens (including phenoxy) is 2. The topological polar surface area (TPSA) is 47.6 Å². The maximum atomic E-state index is 13.0. The average Bonchev–Trinajstić information content (AvgIpc) is 2.77. The van der Waals surface area contributed by atoms with Crippen molar-refractivity contribution in [3.05, 3.63) is 59.7 Å². The first-order valence-corrected chi connectivity index (χ1v) is 9.83. The third-order valence-corrected chi connectivity index (χ3v) is 5.30. The zero-order valence-electron chi connectivity index (χ0n) is 16.3. The quantitative estimate of drug-likeness (QED) is 0.708. The highest BCUT2D eigenvalue weighted by Gasteiger charge is 2.27. The number of methoxy groups -OCH3 is 1. The van der Waals surface area contributed by atoms with Gasteiger partial charge in [-0.25, -0.2) is 0 Å². The van der Waals surface area contributed by atoms with Crippen molar-refractivity contribution in [1.82, 2.24) is 5.32 Å². The van der Waals surface area contributed by atoms with Crippen LogP contribution in [0, 0.1) is 18.3 Å². The molecule has 28 heavy (non-hydrogen) atoms. The molecule has 0 aliphatic heterocycles. The molecule has 4 nitrogen and oxygen atoms in total. The minimum Gasteiger partial charge on any atom is -0.493 e. The Labute approximate surface area is 167 Å². The van der Waals surface area contributed by atoms with E-state index in [0.29, 0.717) is 23.0 Å². The van der Waals surface area contributed by atoms with Gasteiger partial charge in [-0.2, -0.15) is 0 Å². The van der Waals surface area contributed by atoms with E-state index < -0.39 is 0 Å². The van der Waals surface area contributed by atoms with Gasteiger partial charge in [-0.1, -0.05) is 55.5 Å². The molecule has 0 radical (unpaired) electrons. The fourth-order valence-electron chi connectivity index (χ4n) is 3.87. The van der Waals surface area contributed by atoms with Gasteiger partial charge in [-0.3, -0.25) is 4.79 Å². The Kier molecular flexibility index (Phi) is 6.97. The van der Waals surface area contributed by atoms with Gasteiger partial charge in [0.1, 0.15) is 6.61 Å². The SMILES string of the molecule is C#CCOc1ccc(C(=O)NC(c2ccccc2)C2CCCCC2)cc1OC. The molecule has 3 rings (SSSR count). The zero-order chi connectivity index (χ0) is 19.8. The van der Waals surface area contributed by atoms with Gasteiger partial charge in [0.05, 0.1) is 13.2 Å². The van der Waals surface area contributed by atoms with Crippen LogP contribution in [0.15, 0.2) is 48.5 Å². The summed E-state index contributed by atoms with van der Waals surface area (Å²) in [7, 11) is 1.55. The van der Waals surface area contributed by atoms with Crippen LogP contribution < -0.4 is 14.8 Å². The first-order chi connectivity index (χ1) is 13.7. The van der Waals surface area contributed by atoms with Crippen LogP contribution in [0.5, 0.6) is 11.5 Å². The van der Waals surface area contributed by atoms with Crippen LogP contribution in [0.3, 0.4) is 0 Å². The molecular weight excluding hydrogens is 350 g/mol. The van der Waals surface area contributed by atoms with Crippen LogP contribution in [0.1, 0.15) is 54.1 Å². The largest absolute Gasteiger partial charge is 0.493 e. The molecule has 1 aliphatic rings. The van der Waals surface area contributed by atoms with Gasteiger partial charge in [-0.15, -0.1) is 6.42 Å². The molecule has 1 amide bonds. The number of nitrogens with one attached hydrogen (secondary N) is 1. The molecule has 2 aromatic carbocycles. The van der Waals surface area contributed by atoms with Crippen LogP contribution >= 0.6 is 0 Å². The normalized spacial score (nSPS) is 15.3. The molecule has 4 heteroatoms. The molecule has 0 heterocycles. The summed E-state index contributed by atoms with van der Waals surface area (Å²) in [4.78, 5) is 13.0. The van der Waals surface area contributed by atoms with Crippen molar-refractivity contribution < 1.29 is 14.3 Å². The Morgan fingerprint density at radius 1 is 1.14 bits per heavy atom. The van der Waals surface area contributed by atoms with Crippen LogP contribution in [0.25, 0.3) is 0 Å². The van der Waals surface area contributed by atoms with E-state index in [4.69, 9.17) is 15.9 Å². The summed E-state index contributed by atoms with van der Waals surface area (Å²) in [5.74, 6) is 3.81. The second-order valence-electron chi connectivity index (χ2n) is 7.12. The summed E-state index contributed by atoms with van der Waals surface area (Å²) >= 11 is 0. The Morgan fingerprint density at radius 3 is 2.57 bits per heavy atom. The van der Waals surface area contributed by atoms with E-state index >= 15 is 0 Å². The minimum atomic E-state index is -0.110. The summed E-state index contributed by atoms with van der Waals surface area (Å²) < 4.78 is 10.8. The molecule has 0 bridgehead atoms. The van der Waals surface area contributed by atoms with Crippen molar-refractivity contribution in [2.45, 2.75) is 38.1 Å². The summed E-state index contributed by atoms with van der Waals surface area (Å²) in [6.45, 7) is 0.152. The van der Waals surface area contributed by atoms with Crippen LogP contribution in [0.4, 0.5) is 0 Å². The lowest BCUT2D eigenvalue weighted by molar-refractivity contribution is 0.0912. The number of carbonyl (C=O) groups is 1. The molecule has 1 N–H and O–H groups in total. The first-order valence-electron chi connectivity index (χ1n) is 9.83. The van der Waals surface area contributed by atoms with E-state index in [9.17, 15) is 4.79 Å². The Morgan fingerprint density at radius 2 is 1.89 bits per heavy atom. The van der Waals surface area contributed by atoms with Crippen molar-refractivity contribution in [1.29, 1.82) is 0 Å². The van der Waals surface area contributed by atoms with Gasteiger partial charge >= 0.3 is 0 Å². The average molecular weight is 377 g/mol. The predicted molar refractivity (Wildman–Crippen MR) is 111 cm³/mol. The van der Waals surface area contributed by atoms with Crippen molar-refractivity contribution >= 4 is 5.91 Å². The maximum absolute atomic E-state index is 13.0.